The van der Waals surface area contributed by atoms with Gasteiger partial charge in [-0.15, -0.1) is 0 Å². The van der Waals surface area contributed by atoms with Gasteiger partial charge >= 0.3 is 0 Å². The lowest BCUT2D eigenvalue weighted by molar-refractivity contribution is -0.143. The number of aliphatic hydroxyl groups is 1. The normalized spacial score (nSPS) is 32.1. The lowest BCUT2D eigenvalue weighted by atomic mass is 9.66. The van der Waals surface area contributed by atoms with Gasteiger partial charge in [0, 0.05) is 6.54 Å². The Morgan fingerprint density at radius 1 is 1.32 bits per heavy atom. The van der Waals surface area contributed by atoms with Gasteiger partial charge in [0.25, 0.3) is 0 Å². The van der Waals surface area contributed by atoms with Crippen LogP contribution in [0.2, 0.25) is 0 Å². The SMILES string of the molecule is CCC(C)(C)C1CCC(CN)(OC(C)C(C)O)CC1. The van der Waals surface area contributed by atoms with Crippen molar-refractivity contribution in [3.05, 3.63) is 0 Å². The maximum Gasteiger partial charge on any atom is 0.0811 e. The maximum absolute atomic E-state index is 9.61. The molecule has 1 aliphatic rings. The van der Waals surface area contributed by atoms with Gasteiger partial charge in [-0.05, 0) is 50.9 Å². The van der Waals surface area contributed by atoms with Gasteiger partial charge in [-0.2, -0.15) is 0 Å². The van der Waals surface area contributed by atoms with Crippen molar-refractivity contribution in [1.82, 2.24) is 0 Å². The summed E-state index contributed by atoms with van der Waals surface area (Å²) in [6.07, 6.45) is 5.06. The van der Waals surface area contributed by atoms with Gasteiger partial charge in [0.2, 0.25) is 0 Å². The van der Waals surface area contributed by atoms with Crippen LogP contribution in [-0.2, 0) is 4.74 Å². The second kappa shape index (κ2) is 6.55. The first-order valence-electron chi connectivity index (χ1n) is 7.82. The fourth-order valence-electron chi connectivity index (χ4n) is 3.08. The highest BCUT2D eigenvalue weighted by molar-refractivity contribution is 4.93. The molecule has 3 N–H and O–H groups in total. The van der Waals surface area contributed by atoms with Crippen molar-refractivity contribution in [2.24, 2.45) is 17.1 Å². The van der Waals surface area contributed by atoms with E-state index in [2.05, 4.69) is 20.8 Å². The van der Waals surface area contributed by atoms with E-state index in [1.165, 1.54) is 19.3 Å². The number of rotatable bonds is 6. The molecule has 0 aliphatic heterocycles. The molecular formula is C16H33NO2. The molecule has 2 atom stereocenters. The molecular weight excluding hydrogens is 238 g/mol. The molecule has 3 heteroatoms. The zero-order valence-electron chi connectivity index (χ0n) is 13.4. The average molecular weight is 271 g/mol. The summed E-state index contributed by atoms with van der Waals surface area (Å²) in [7, 11) is 0. The van der Waals surface area contributed by atoms with Gasteiger partial charge in [-0.1, -0.05) is 27.2 Å². The zero-order chi connectivity index (χ0) is 14.7. The Labute approximate surface area is 118 Å². The lowest BCUT2D eigenvalue weighted by Gasteiger charge is -2.45. The number of hydrogen-bond donors (Lipinski definition) is 2. The Morgan fingerprint density at radius 2 is 1.84 bits per heavy atom. The van der Waals surface area contributed by atoms with Gasteiger partial charge < -0.3 is 15.6 Å². The van der Waals surface area contributed by atoms with E-state index in [1.807, 2.05) is 6.92 Å². The molecule has 0 aromatic rings. The largest absolute Gasteiger partial charge is 0.391 e. The van der Waals surface area contributed by atoms with Crippen LogP contribution in [0.4, 0.5) is 0 Å². The quantitative estimate of drug-likeness (QED) is 0.780. The molecule has 1 fully saturated rings. The molecule has 1 rings (SSSR count). The molecule has 1 aliphatic carbocycles. The average Bonchev–Trinajstić information content (AvgIpc) is 2.39. The minimum absolute atomic E-state index is 0.140. The van der Waals surface area contributed by atoms with Crippen LogP contribution in [0.15, 0.2) is 0 Å². The van der Waals surface area contributed by atoms with Crippen molar-refractivity contribution in [3.8, 4) is 0 Å². The Hall–Kier alpha value is -0.120. The second-order valence-corrected chi connectivity index (χ2v) is 7.07. The van der Waals surface area contributed by atoms with E-state index < -0.39 is 6.10 Å². The van der Waals surface area contributed by atoms with Gasteiger partial charge in [0.05, 0.1) is 17.8 Å². The van der Waals surface area contributed by atoms with Crippen LogP contribution in [0.3, 0.4) is 0 Å². The number of aliphatic hydroxyl groups excluding tert-OH is 1. The summed E-state index contributed by atoms with van der Waals surface area (Å²) in [6.45, 7) is 11.3. The Balaban J connectivity index is 2.62. The van der Waals surface area contributed by atoms with Gasteiger partial charge in [-0.3, -0.25) is 0 Å². The molecule has 3 nitrogen and oxygen atoms in total. The van der Waals surface area contributed by atoms with E-state index in [0.717, 1.165) is 18.8 Å². The van der Waals surface area contributed by atoms with Crippen molar-refractivity contribution >= 4 is 0 Å². The molecule has 0 spiro atoms. The molecule has 0 amide bonds. The molecule has 0 aromatic heterocycles. The van der Waals surface area contributed by atoms with Crippen LogP contribution in [0.1, 0.15) is 66.7 Å². The van der Waals surface area contributed by atoms with Crippen LogP contribution in [0, 0.1) is 11.3 Å². The molecule has 0 saturated heterocycles. The summed E-state index contributed by atoms with van der Waals surface area (Å²) >= 11 is 0. The fraction of sp³-hybridized carbons (Fsp3) is 1.00. The lowest BCUT2D eigenvalue weighted by Crippen LogP contribution is -2.49. The van der Waals surface area contributed by atoms with Crippen LogP contribution >= 0.6 is 0 Å². The molecule has 2 unspecified atom stereocenters. The van der Waals surface area contributed by atoms with E-state index in [9.17, 15) is 5.11 Å². The third-order valence-electron chi connectivity index (χ3n) is 5.40. The zero-order valence-corrected chi connectivity index (χ0v) is 13.4. The highest BCUT2D eigenvalue weighted by atomic mass is 16.5. The predicted octanol–water partition coefficient (Wildman–Crippen LogP) is 3.10. The fourth-order valence-corrected chi connectivity index (χ4v) is 3.08. The van der Waals surface area contributed by atoms with Crippen molar-refractivity contribution in [3.63, 3.8) is 0 Å². The van der Waals surface area contributed by atoms with Crippen molar-refractivity contribution in [2.75, 3.05) is 6.54 Å². The first-order valence-corrected chi connectivity index (χ1v) is 7.82. The summed E-state index contributed by atoms with van der Waals surface area (Å²) in [6, 6.07) is 0. The van der Waals surface area contributed by atoms with E-state index in [1.54, 1.807) is 6.92 Å². The molecule has 0 radical (unpaired) electrons. The van der Waals surface area contributed by atoms with E-state index in [0.29, 0.717) is 12.0 Å². The summed E-state index contributed by atoms with van der Waals surface area (Å²) in [5.41, 5.74) is 6.17. The highest BCUT2D eigenvalue weighted by Gasteiger charge is 2.40. The minimum atomic E-state index is -0.437. The first-order chi connectivity index (χ1) is 8.76. The number of hydrogen-bond acceptors (Lipinski definition) is 3. The first kappa shape index (κ1) is 16.9. The molecule has 1 saturated carbocycles. The standard InChI is InChI=1S/C16H33NO2/c1-6-15(4,5)14-7-9-16(11-17,10-8-14)19-13(3)12(2)18/h12-14,18H,6-11,17H2,1-5H3. The van der Waals surface area contributed by atoms with Gasteiger partial charge in [0.1, 0.15) is 0 Å². The van der Waals surface area contributed by atoms with Gasteiger partial charge in [-0.25, -0.2) is 0 Å². The molecule has 114 valence electrons. The summed E-state index contributed by atoms with van der Waals surface area (Å²) < 4.78 is 6.11. The predicted molar refractivity (Wildman–Crippen MR) is 80.0 cm³/mol. The van der Waals surface area contributed by atoms with Crippen LogP contribution in [0.25, 0.3) is 0 Å². The number of ether oxygens (including phenoxy) is 1. The summed E-state index contributed by atoms with van der Waals surface area (Å²) in [4.78, 5) is 0. The highest BCUT2D eigenvalue weighted by Crippen LogP contribution is 2.44. The third kappa shape index (κ3) is 4.17. The molecule has 0 heterocycles. The maximum atomic E-state index is 9.61. The topological polar surface area (TPSA) is 55.5 Å². The van der Waals surface area contributed by atoms with E-state index >= 15 is 0 Å². The van der Waals surface area contributed by atoms with Crippen molar-refractivity contribution < 1.29 is 9.84 Å². The Morgan fingerprint density at radius 3 is 2.21 bits per heavy atom. The Kier molecular flexibility index (Phi) is 5.84. The van der Waals surface area contributed by atoms with E-state index in [4.69, 9.17) is 10.5 Å². The third-order valence-corrected chi connectivity index (χ3v) is 5.40. The monoisotopic (exact) mass is 271 g/mol. The van der Waals surface area contributed by atoms with Crippen molar-refractivity contribution in [2.45, 2.75) is 84.5 Å². The van der Waals surface area contributed by atoms with Gasteiger partial charge in [0.15, 0.2) is 0 Å². The molecule has 0 aromatic carbocycles. The summed E-state index contributed by atoms with van der Waals surface area (Å²) in [5, 5.41) is 9.61. The molecule has 19 heavy (non-hydrogen) atoms. The van der Waals surface area contributed by atoms with Crippen LogP contribution in [-0.4, -0.2) is 29.5 Å². The number of nitrogens with two attached hydrogens (primary N) is 1. The molecule has 0 bridgehead atoms. The Bertz CT molecular complexity index is 268. The van der Waals surface area contributed by atoms with E-state index in [-0.39, 0.29) is 11.7 Å². The second-order valence-electron chi connectivity index (χ2n) is 7.07. The minimum Gasteiger partial charge on any atom is -0.391 e. The van der Waals surface area contributed by atoms with Crippen LogP contribution in [0.5, 0.6) is 0 Å². The smallest absolute Gasteiger partial charge is 0.0811 e. The van der Waals surface area contributed by atoms with Crippen molar-refractivity contribution in [1.29, 1.82) is 0 Å². The van der Waals surface area contributed by atoms with Crippen LogP contribution < -0.4 is 5.73 Å². The summed E-state index contributed by atoms with van der Waals surface area (Å²) in [5.74, 6) is 0.766.